The van der Waals surface area contributed by atoms with Gasteiger partial charge in [0.05, 0.1) is 17.3 Å². The van der Waals surface area contributed by atoms with Crippen molar-refractivity contribution in [1.82, 2.24) is 5.32 Å². The van der Waals surface area contributed by atoms with Crippen LogP contribution < -0.4 is 15.8 Å². The molecule has 0 aliphatic carbocycles. The van der Waals surface area contributed by atoms with Gasteiger partial charge < -0.3 is 20.5 Å². The van der Waals surface area contributed by atoms with Crippen molar-refractivity contribution in [3.05, 3.63) is 54.6 Å². The van der Waals surface area contributed by atoms with E-state index in [4.69, 9.17) is 20.6 Å². The number of ether oxygens (including phenoxy) is 2. The zero-order valence-electron chi connectivity index (χ0n) is 17.4. The van der Waals surface area contributed by atoms with Crippen molar-refractivity contribution in [1.29, 1.82) is 5.41 Å². The molecule has 1 saturated heterocycles. The third-order valence-corrected chi connectivity index (χ3v) is 7.88. The second-order valence-electron chi connectivity index (χ2n) is 7.06. The van der Waals surface area contributed by atoms with Gasteiger partial charge in [0.2, 0.25) is 5.91 Å². The van der Waals surface area contributed by atoms with Gasteiger partial charge in [0, 0.05) is 23.0 Å². The lowest BCUT2D eigenvalue weighted by Gasteiger charge is -2.33. The van der Waals surface area contributed by atoms with Crippen molar-refractivity contribution >= 4 is 39.4 Å². The average molecular weight is 476 g/mol. The first-order chi connectivity index (χ1) is 15.4. The van der Waals surface area contributed by atoms with Crippen LogP contribution in [0.25, 0.3) is 0 Å². The summed E-state index contributed by atoms with van der Waals surface area (Å²) in [7, 11) is -1.60. The molecule has 0 aromatic heterocycles. The first-order valence-corrected chi connectivity index (χ1v) is 12.0. The SMILES string of the molecule is N=C(Sc1ccccc1)C(=O)NCCOc1ccc(S(=O)C2(C(N)=O)CCOCC2)cc1. The fraction of sp³-hybridized carbons (Fsp3) is 0.318. The van der Waals surface area contributed by atoms with E-state index >= 15 is 0 Å². The van der Waals surface area contributed by atoms with E-state index in [0.29, 0.717) is 36.7 Å². The number of benzene rings is 2. The Bertz CT molecular complexity index is 977. The Labute approximate surface area is 193 Å². The zero-order chi connectivity index (χ0) is 23.0. The summed E-state index contributed by atoms with van der Waals surface area (Å²) in [4.78, 5) is 25.4. The van der Waals surface area contributed by atoms with Crippen LogP contribution in [0, 0.1) is 5.41 Å². The summed E-state index contributed by atoms with van der Waals surface area (Å²) in [5.74, 6) is -0.513. The van der Waals surface area contributed by atoms with Crippen LogP contribution in [0.5, 0.6) is 5.75 Å². The second-order valence-corrected chi connectivity index (χ2v) is 9.93. The van der Waals surface area contributed by atoms with Gasteiger partial charge in [0.15, 0.2) is 5.04 Å². The highest BCUT2D eigenvalue weighted by Gasteiger charge is 2.45. The number of carbonyl (C=O) groups is 2. The molecule has 0 radical (unpaired) electrons. The van der Waals surface area contributed by atoms with Crippen molar-refractivity contribution in [2.24, 2.45) is 5.73 Å². The number of carbonyl (C=O) groups excluding carboxylic acids is 2. The Balaban J connectivity index is 1.46. The molecule has 10 heteroatoms. The third kappa shape index (κ3) is 5.96. The minimum atomic E-state index is -1.60. The number of nitrogens with one attached hydrogen (secondary N) is 2. The Morgan fingerprint density at radius 1 is 1.12 bits per heavy atom. The summed E-state index contributed by atoms with van der Waals surface area (Å²) in [6.07, 6.45) is 0.648. The molecule has 4 N–H and O–H groups in total. The number of rotatable bonds is 8. The van der Waals surface area contributed by atoms with Gasteiger partial charge in [-0.25, -0.2) is 0 Å². The van der Waals surface area contributed by atoms with Crippen molar-refractivity contribution in [3.63, 3.8) is 0 Å². The quantitative estimate of drug-likeness (QED) is 0.232. The molecule has 32 heavy (non-hydrogen) atoms. The summed E-state index contributed by atoms with van der Waals surface area (Å²) in [6, 6.07) is 15.9. The van der Waals surface area contributed by atoms with Crippen molar-refractivity contribution in [3.8, 4) is 5.75 Å². The van der Waals surface area contributed by atoms with Crippen LogP contribution in [-0.2, 0) is 25.1 Å². The molecule has 1 atom stereocenters. The van der Waals surface area contributed by atoms with E-state index in [-0.39, 0.29) is 18.2 Å². The van der Waals surface area contributed by atoms with Crippen molar-refractivity contribution < 1.29 is 23.3 Å². The Kier molecular flexibility index (Phi) is 8.43. The van der Waals surface area contributed by atoms with Gasteiger partial charge in [-0.05, 0) is 49.2 Å². The van der Waals surface area contributed by atoms with Crippen molar-refractivity contribution in [2.45, 2.75) is 27.4 Å². The summed E-state index contributed by atoms with van der Waals surface area (Å²) in [5, 5.41) is 10.4. The molecule has 2 aromatic carbocycles. The Morgan fingerprint density at radius 2 is 1.78 bits per heavy atom. The second kappa shape index (κ2) is 11.3. The zero-order valence-corrected chi connectivity index (χ0v) is 19.0. The molecule has 2 aromatic rings. The predicted octanol–water partition coefficient (Wildman–Crippen LogP) is 2.09. The summed E-state index contributed by atoms with van der Waals surface area (Å²) in [5.41, 5.74) is 5.58. The fourth-order valence-corrected chi connectivity index (χ4v) is 5.42. The number of hydrogen-bond acceptors (Lipinski definition) is 7. The first-order valence-electron chi connectivity index (χ1n) is 10.0. The highest BCUT2D eigenvalue weighted by atomic mass is 32.2. The lowest BCUT2D eigenvalue weighted by molar-refractivity contribution is -0.122. The minimum absolute atomic E-state index is 0.0977. The molecule has 1 aliphatic heterocycles. The van der Waals surface area contributed by atoms with E-state index in [0.717, 1.165) is 16.7 Å². The topological polar surface area (TPSA) is 132 Å². The summed E-state index contributed by atoms with van der Waals surface area (Å²) >= 11 is 1.08. The first kappa shape index (κ1) is 24.0. The molecule has 0 saturated carbocycles. The third-order valence-electron chi connectivity index (χ3n) is 4.97. The molecule has 170 valence electrons. The number of hydrogen-bond donors (Lipinski definition) is 3. The lowest BCUT2D eigenvalue weighted by Crippen LogP contribution is -2.51. The number of primary amides is 1. The summed E-state index contributed by atoms with van der Waals surface area (Å²) < 4.78 is 22.8. The molecule has 3 rings (SSSR count). The largest absolute Gasteiger partial charge is 0.492 e. The van der Waals surface area contributed by atoms with E-state index < -0.39 is 27.4 Å². The number of nitrogens with two attached hydrogens (primary N) is 1. The van der Waals surface area contributed by atoms with Gasteiger partial charge in [-0.3, -0.25) is 19.2 Å². The summed E-state index contributed by atoms with van der Waals surface area (Å²) in [6.45, 7) is 1.14. The Hall–Kier alpha value is -2.69. The van der Waals surface area contributed by atoms with Crippen molar-refractivity contribution in [2.75, 3.05) is 26.4 Å². The molecule has 0 bridgehead atoms. The van der Waals surface area contributed by atoms with Gasteiger partial charge in [-0.2, -0.15) is 0 Å². The number of amides is 2. The van der Waals surface area contributed by atoms with Gasteiger partial charge in [-0.1, -0.05) is 30.0 Å². The maximum Gasteiger partial charge on any atom is 0.276 e. The van der Waals surface area contributed by atoms with Crippen LogP contribution >= 0.6 is 11.8 Å². The molecule has 1 heterocycles. The predicted molar refractivity (Wildman–Crippen MR) is 123 cm³/mol. The average Bonchev–Trinajstić information content (AvgIpc) is 2.82. The van der Waals surface area contributed by atoms with Crippen LogP contribution in [-0.4, -0.2) is 52.2 Å². The van der Waals surface area contributed by atoms with Crippen LogP contribution in [0.4, 0.5) is 0 Å². The monoisotopic (exact) mass is 475 g/mol. The van der Waals surface area contributed by atoms with Crippen LogP contribution in [0.3, 0.4) is 0 Å². The lowest BCUT2D eigenvalue weighted by atomic mass is 9.98. The molecule has 1 unspecified atom stereocenters. The van der Waals surface area contributed by atoms with Crippen LogP contribution in [0.1, 0.15) is 12.8 Å². The van der Waals surface area contributed by atoms with Gasteiger partial charge in [-0.15, -0.1) is 0 Å². The molecule has 2 amide bonds. The smallest absolute Gasteiger partial charge is 0.276 e. The molecular formula is C22H25N3O5S2. The maximum atomic E-state index is 13.0. The van der Waals surface area contributed by atoms with Crippen LogP contribution in [0.2, 0.25) is 0 Å². The minimum Gasteiger partial charge on any atom is -0.492 e. The molecule has 1 fully saturated rings. The van der Waals surface area contributed by atoms with Gasteiger partial charge in [0.25, 0.3) is 5.91 Å². The standard InChI is InChI=1S/C22H25N3O5S2/c23-19(31-17-4-2-1-3-5-17)20(26)25-12-15-30-16-6-8-18(9-7-16)32(28)22(21(24)27)10-13-29-14-11-22/h1-9,23H,10-15H2,(H2,24,27)(H,25,26). The molecular weight excluding hydrogens is 450 g/mol. The molecule has 0 spiro atoms. The fourth-order valence-electron chi connectivity index (χ4n) is 3.18. The number of thioether (sulfide) groups is 1. The van der Waals surface area contributed by atoms with Gasteiger partial charge >= 0.3 is 0 Å². The highest BCUT2D eigenvalue weighted by Crippen LogP contribution is 2.32. The highest BCUT2D eigenvalue weighted by molar-refractivity contribution is 8.15. The van der Waals surface area contributed by atoms with E-state index in [9.17, 15) is 13.8 Å². The maximum absolute atomic E-state index is 13.0. The van der Waals surface area contributed by atoms with Crippen LogP contribution in [0.15, 0.2) is 64.4 Å². The van der Waals surface area contributed by atoms with Gasteiger partial charge in [0.1, 0.15) is 17.1 Å². The van der Waals surface area contributed by atoms with E-state index in [1.807, 2.05) is 30.3 Å². The molecule has 1 aliphatic rings. The van der Waals surface area contributed by atoms with E-state index in [2.05, 4.69) is 5.32 Å². The molecule has 8 nitrogen and oxygen atoms in total. The van der Waals surface area contributed by atoms with E-state index in [1.165, 1.54) is 0 Å². The Morgan fingerprint density at radius 3 is 2.41 bits per heavy atom. The normalized spacial score (nSPS) is 16.0. The van der Waals surface area contributed by atoms with E-state index in [1.54, 1.807) is 24.3 Å².